The van der Waals surface area contributed by atoms with E-state index >= 15 is 0 Å². The van der Waals surface area contributed by atoms with Crippen LogP contribution in [0, 0.1) is 0 Å². The van der Waals surface area contributed by atoms with Gasteiger partial charge in [0.1, 0.15) is 0 Å². The number of hydrogen-bond acceptors (Lipinski definition) is 5. The van der Waals surface area contributed by atoms with Crippen LogP contribution >= 0.6 is 0 Å². The lowest BCUT2D eigenvalue weighted by Gasteiger charge is -2.43. The molecule has 2 rings (SSSR count). The number of rotatable bonds is 1. The zero-order valence-corrected chi connectivity index (χ0v) is 10.4. The van der Waals surface area contributed by atoms with Crippen molar-refractivity contribution in [3.8, 4) is 0 Å². The molecule has 0 bridgehead atoms. The number of nitrogens with zero attached hydrogens (tertiary/aromatic N) is 1. The first-order chi connectivity index (χ1) is 7.84. The van der Waals surface area contributed by atoms with E-state index in [4.69, 9.17) is 14.2 Å². The molecule has 2 fully saturated rings. The van der Waals surface area contributed by atoms with E-state index in [2.05, 4.69) is 0 Å². The van der Waals surface area contributed by atoms with Crippen LogP contribution < -0.4 is 0 Å². The van der Waals surface area contributed by atoms with Gasteiger partial charge < -0.3 is 19.1 Å². The van der Waals surface area contributed by atoms with E-state index in [9.17, 15) is 9.59 Å². The maximum absolute atomic E-state index is 11.6. The van der Waals surface area contributed by atoms with Crippen molar-refractivity contribution in [2.75, 3.05) is 7.05 Å². The Balaban J connectivity index is 2.19. The monoisotopic (exact) mass is 243 g/mol. The highest BCUT2D eigenvalue weighted by atomic mass is 16.7. The molecule has 0 N–H and O–H groups in total. The normalized spacial score (nSPS) is 40.8. The Bertz CT molecular complexity index is 358. The number of likely N-dealkylation sites (N-methyl/N-ethyl adjacent to an activating group) is 1. The summed E-state index contributed by atoms with van der Waals surface area (Å²) in [6.45, 7) is 5.06. The molecule has 6 nitrogen and oxygen atoms in total. The van der Waals surface area contributed by atoms with Crippen LogP contribution in [0.2, 0.25) is 0 Å². The summed E-state index contributed by atoms with van der Waals surface area (Å²) < 4.78 is 15.9. The Labute approximate surface area is 99.8 Å². The van der Waals surface area contributed by atoms with Crippen LogP contribution in [0.25, 0.3) is 0 Å². The van der Waals surface area contributed by atoms with Gasteiger partial charge in [-0.2, -0.15) is 0 Å². The van der Waals surface area contributed by atoms with Gasteiger partial charge in [-0.05, 0) is 13.8 Å². The lowest BCUT2D eigenvalue weighted by Crippen LogP contribution is -2.58. The molecule has 0 aromatic heterocycles. The fourth-order valence-corrected chi connectivity index (χ4v) is 2.52. The van der Waals surface area contributed by atoms with E-state index in [0.29, 0.717) is 6.42 Å². The molecule has 4 atom stereocenters. The van der Waals surface area contributed by atoms with Crippen LogP contribution in [-0.2, 0) is 19.0 Å². The highest BCUT2D eigenvalue weighted by Crippen LogP contribution is 2.40. The van der Waals surface area contributed by atoms with Crippen molar-refractivity contribution in [2.24, 2.45) is 0 Å². The molecule has 2 aliphatic heterocycles. The summed E-state index contributed by atoms with van der Waals surface area (Å²) in [4.78, 5) is 24.1. The summed E-state index contributed by atoms with van der Waals surface area (Å²) in [6.07, 6.45) is -1.19. The summed E-state index contributed by atoms with van der Waals surface area (Å²) in [5.74, 6) is -0.392. The third kappa shape index (κ3) is 1.86. The van der Waals surface area contributed by atoms with Gasteiger partial charge in [0, 0.05) is 20.4 Å². The van der Waals surface area contributed by atoms with E-state index in [1.54, 1.807) is 11.9 Å². The van der Waals surface area contributed by atoms with Crippen molar-refractivity contribution in [3.05, 3.63) is 0 Å². The van der Waals surface area contributed by atoms with Gasteiger partial charge in [0.15, 0.2) is 6.10 Å². The van der Waals surface area contributed by atoms with Gasteiger partial charge in [0.2, 0.25) is 6.29 Å². The molecule has 0 aliphatic carbocycles. The quantitative estimate of drug-likeness (QED) is 0.640. The minimum absolute atomic E-state index is 0.299. The Morgan fingerprint density at radius 1 is 1.59 bits per heavy atom. The van der Waals surface area contributed by atoms with Crippen molar-refractivity contribution in [3.63, 3.8) is 0 Å². The molecule has 2 aliphatic rings. The number of carbonyl (C=O) groups is 2. The van der Waals surface area contributed by atoms with Gasteiger partial charge >= 0.3 is 12.1 Å². The van der Waals surface area contributed by atoms with Crippen molar-refractivity contribution < 1.29 is 23.8 Å². The predicted octanol–water partition coefficient (Wildman–Crippen LogP) is 0.894. The van der Waals surface area contributed by atoms with Crippen molar-refractivity contribution in [1.29, 1.82) is 0 Å². The van der Waals surface area contributed by atoms with E-state index in [-0.39, 0.29) is 18.3 Å². The average molecular weight is 243 g/mol. The number of ether oxygens (including phenoxy) is 3. The topological polar surface area (TPSA) is 65.1 Å². The van der Waals surface area contributed by atoms with E-state index < -0.39 is 17.8 Å². The van der Waals surface area contributed by atoms with E-state index in [1.807, 2.05) is 13.8 Å². The second-order valence-electron chi connectivity index (χ2n) is 4.80. The minimum atomic E-state index is -0.624. The van der Waals surface area contributed by atoms with Gasteiger partial charge in [-0.25, -0.2) is 4.79 Å². The molecule has 2 heterocycles. The molecule has 0 radical (unpaired) electrons. The summed E-state index contributed by atoms with van der Waals surface area (Å²) in [6, 6.07) is 0. The fourth-order valence-electron chi connectivity index (χ4n) is 2.52. The number of hydrogen-bond donors (Lipinski definition) is 0. The van der Waals surface area contributed by atoms with Gasteiger partial charge in [-0.3, -0.25) is 4.79 Å². The lowest BCUT2D eigenvalue weighted by molar-refractivity contribution is -0.230. The molecule has 6 heteroatoms. The maximum Gasteiger partial charge on any atom is 0.410 e. The van der Waals surface area contributed by atoms with Crippen LogP contribution in [0.3, 0.4) is 0 Å². The molecule has 0 unspecified atom stereocenters. The van der Waals surface area contributed by atoms with Gasteiger partial charge in [0.05, 0.1) is 11.6 Å². The van der Waals surface area contributed by atoms with Crippen LogP contribution in [0.4, 0.5) is 4.79 Å². The first-order valence-corrected chi connectivity index (χ1v) is 5.61. The fraction of sp³-hybridized carbons (Fsp3) is 0.818. The largest absolute Gasteiger partial charge is 0.441 e. The molecular formula is C11H17NO5. The zero-order valence-electron chi connectivity index (χ0n) is 10.4. The second kappa shape index (κ2) is 3.87. The first-order valence-electron chi connectivity index (χ1n) is 5.61. The molecule has 2 saturated heterocycles. The van der Waals surface area contributed by atoms with Crippen molar-refractivity contribution >= 4 is 12.1 Å². The summed E-state index contributed by atoms with van der Waals surface area (Å²) in [5.41, 5.74) is -0.491. The van der Waals surface area contributed by atoms with E-state index in [0.717, 1.165) is 0 Å². The minimum Gasteiger partial charge on any atom is -0.441 e. The Morgan fingerprint density at radius 3 is 2.82 bits per heavy atom. The predicted molar refractivity (Wildman–Crippen MR) is 57.2 cm³/mol. The lowest BCUT2D eigenvalue weighted by atomic mass is 9.85. The van der Waals surface area contributed by atoms with Crippen LogP contribution in [0.15, 0.2) is 0 Å². The molecule has 0 aromatic carbocycles. The van der Waals surface area contributed by atoms with Gasteiger partial charge in [0.25, 0.3) is 0 Å². The standard InChI is InChI=1S/C11H17NO5/c1-6-9-11(3,12(4)10(14)17-9)5-8(15-6)16-7(2)13/h6,8-9H,5H2,1-4H3/t6-,8-,9+,11-/m0/s1. The summed E-state index contributed by atoms with van der Waals surface area (Å²) in [5, 5.41) is 0. The second-order valence-corrected chi connectivity index (χ2v) is 4.80. The number of fused-ring (bicyclic) bond motifs is 1. The van der Waals surface area contributed by atoms with Crippen LogP contribution in [-0.4, -0.2) is 48.0 Å². The summed E-state index contributed by atoms with van der Waals surface area (Å²) >= 11 is 0. The molecule has 1 amide bonds. The van der Waals surface area contributed by atoms with Crippen molar-refractivity contribution in [1.82, 2.24) is 4.90 Å². The van der Waals surface area contributed by atoms with Crippen molar-refractivity contribution in [2.45, 2.75) is 51.2 Å². The first kappa shape index (κ1) is 12.2. The average Bonchev–Trinajstić information content (AvgIpc) is 2.41. The van der Waals surface area contributed by atoms with Gasteiger partial charge in [-0.1, -0.05) is 0 Å². The summed E-state index contributed by atoms with van der Waals surface area (Å²) in [7, 11) is 1.69. The zero-order chi connectivity index (χ0) is 12.8. The smallest absolute Gasteiger partial charge is 0.410 e. The third-order valence-corrected chi connectivity index (χ3v) is 3.55. The molecule has 0 saturated carbocycles. The Hall–Kier alpha value is -1.30. The molecule has 17 heavy (non-hydrogen) atoms. The molecule has 96 valence electrons. The van der Waals surface area contributed by atoms with Gasteiger partial charge in [-0.15, -0.1) is 0 Å². The van der Waals surface area contributed by atoms with Crippen LogP contribution in [0.5, 0.6) is 0 Å². The highest BCUT2D eigenvalue weighted by molar-refractivity contribution is 5.71. The number of carbonyl (C=O) groups excluding carboxylic acids is 2. The Morgan fingerprint density at radius 2 is 2.24 bits per heavy atom. The third-order valence-electron chi connectivity index (χ3n) is 3.55. The number of amides is 1. The number of esters is 1. The molecule has 0 spiro atoms. The molecule has 0 aromatic rings. The maximum atomic E-state index is 11.6. The SMILES string of the molecule is CC(=O)O[C@H]1C[C@@]2(C)[C@H](OC(=O)N2C)[C@H](C)O1. The highest BCUT2D eigenvalue weighted by Gasteiger charge is 2.57. The van der Waals surface area contributed by atoms with Crippen LogP contribution in [0.1, 0.15) is 27.2 Å². The van der Waals surface area contributed by atoms with E-state index in [1.165, 1.54) is 6.92 Å². The molecular weight excluding hydrogens is 226 g/mol. The Kier molecular flexibility index (Phi) is 2.77.